The summed E-state index contributed by atoms with van der Waals surface area (Å²) in [7, 11) is 4.22. The van der Waals surface area contributed by atoms with Gasteiger partial charge in [0.1, 0.15) is 6.61 Å². The minimum absolute atomic E-state index is 0.0193. The summed E-state index contributed by atoms with van der Waals surface area (Å²) in [5, 5.41) is 4.13. The average molecular weight is 388 g/mol. The van der Waals surface area contributed by atoms with Gasteiger partial charge in [0.2, 0.25) is 5.75 Å². The molecule has 0 spiro atoms. The summed E-state index contributed by atoms with van der Waals surface area (Å²) in [6.07, 6.45) is 0.755. The fraction of sp³-hybridized carbons (Fsp3) is 0.529. The summed E-state index contributed by atoms with van der Waals surface area (Å²) in [5.41, 5.74) is 0.0193. The highest BCUT2D eigenvalue weighted by atomic mass is 17.5. The molecule has 0 radical (unpaired) electrons. The summed E-state index contributed by atoms with van der Waals surface area (Å²) in [4.78, 5) is 31.8. The maximum Gasteiger partial charge on any atom is 0.543 e. The van der Waals surface area contributed by atoms with Crippen LogP contribution in [-0.2, 0) is 24.3 Å². The molecule has 0 bridgehead atoms. The summed E-state index contributed by atoms with van der Waals surface area (Å²) < 4.78 is 25.2. The van der Waals surface area contributed by atoms with E-state index in [9.17, 15) is 9.59 Å². The minimum Gasteiger partial charge on any atom is -0.493 e. The molecule has 0 atom stereocenters. The number of benzene rings is 1. The minimum atomic E-state index is -1.17. The van der Waals surface area contributed by atoms with Crippen LogP contribution in [0.3, 0.4) is 0 Å². The first kappa shape index (κ1) is 22.3. The van der Waals surface area contributed by atoms with E-state index in [2.05, 4.69) is 19.6 Å². The lowest BCUT2D eigenvalue weighted by atomic mass is 10.2. The maximum absolute atomic E-state index is 12.0. The molecule has 0 amide bonds. The van der Waals surface area contributed by atoms with Crippen molar-refractivity contribution in [3.05, 3.63) is 17.7 Å². The maximum atomic E-state index is 12.0. The number of carbonyl (C=O) groups is 2. The molecule has 0 aliphatic carbocycles. The second-order valence-electron chi connectivity index (χ2n) is 5.00. The van der Waals surface area contributed by atoms with Gasteiger partial charge in [-0.25, -0.2) is 14.5 Å². The van der Waals surface area contributed by atoms with Crippen molar-refractivity contribution in [2.24, 2.45) is 0 Å². The van der Waals surface area contributed by atoms with E-state index in [0.29, 0.717) is 12.4 Å². The van der Waals surface area contributed by atoms with Crippen LogP contribution in [0, 0.1) is 0 Å². The Morgan fingerprint density at radius 3 is 2.11 bits per heavy atom. The molecular weight excluding hydrogens is 364 g/mol. The van der Waals surface area contributed by atoms with E-state index in [1.807, 2.05) is 6.92 Å². The van der Waals surface area contributed by atoms with Crippen molar-refractivity contribution in [1.82, 2.24) is 0 Å². The Hall–Kier alpha value is -2.72. The summed E-state index contributed by atoms with van der Waals surface area (Å²) in [6.45, 7) is 2.82. The Balaban J connectivity index is 2.43. The van der Waals surface area contributed by atoms with Crippen molar-refractivity contribution >= 4 is 12.1 Å². The van der Waals surface area contributed by atoms with Crippen LogP contribution in [0.15, 0.2) is 12.1 Å². The fourth-order valence-corrected chi connectivity index (χ4v) is 1.88. The van der Waals surface area contributed by atoms with Gasteiger partial charge in [0.05, 0.1) is 38.5 Å². The van der Waals surface area contributed by atoms with Crippen molar-refractivity contribution in [2.75, 3.05) is 41.2 Å². The van der Waals surface area contributed by atoms with Crippen LogP contribution in [-0.4, -0.2) is 53.3 Å². The van der Waals surface area contributed by atoms with E-state index >= 15 is 0 Å². The molecule has 0 aromatic heterocycles. The zero-order valence-electron chi connectivity index (χ0n) is 15.8. The largest absolute Gasteiger partial charge is 0.543 e. The molecule has 0 fully saturated rings. The molecule has 10 nitrogen and oxygen atoms in total. The van der Waals surface area contributed by atoms with E-state index in [4.69, 9.17) is 18.9 Å². The van der Waals surface area contributed by atoms with Crippen molar-refractivity contribution < 1.29 is 48.1 Å². The van der Waals surface area contributed by atoms with Gasteiger partial charge in [-0.15, -0.1) is 0 Å². The summed E-state index contributed by atoms with van der Waals surface area (Å²) >= 11 is 0. The number of hydrogen-bond donors (Lipinski definition) is 0. The van der Waals surface area contributed by atoms with E-state index < -0.39 is 12.1 Å². The molecule has 0 N–H and O–H groups in total. The van der Waals surface area contributed by atoms with Crippen LogP contribution >= 0.6 is 0 Å². The van der Waals surface area contributed by atoms with Crippen molar-refractivity contribution in [1.29, 1.82) is 0 Å². The molecule has 1 aromatic rings. The first-order valence-electron chi connectivity index (χ1n) is 8.17. The van der Waals surface area contributed by atoms with Crippen LogP contribution in [0.2, 0.25) is 0 Å². The number of rotatable bonds is 12. The molecule has 1 rings (SSSR count). The molecule has 152 valence electrons. The second-order valence-corrected chi connectivity index (χ2v) is 5.00. The summed E-state index contributed by atoms with van der Waals surface area (Å²) in [5.74, 6) is -0.164. The van der Waals surface area contributed by atoms with Gasteiger partial charge in [-0.3, -0.25) is 4.89 Å². The SMILES string of the molecule is CCCCOCCOC(=O)OOOC(=O)c1cc(OC)c(OC)c(OC)c1. The number of ether oxygens (including phenoxy) is 5. The monoisotopic (exact) mass is 388 g/mol. The standard InChI is InChI=1S/C17H24O10/c1-5-6-7-23-8-9-24-17(19)26-27-25-16(18)12-10-13(20-2)15(22-4)14(11-12)21-3/h10-11H,5-9H2,1-4H3. The predicted octanol–water partition coefficient (Wildman–Crippen LogP) is 2.69. The number of carbonyl (C=O) groups excluding carboxylic acids is 2. The normalized spacial score (nSPS) is 10.1. The molecule has 1 aromatic carbocycles. The van der Waals surface area contributed by atoms with Crippen molar-refractivity contribution in [3.63, 3.8) is 0 Å². The van der Waals surface area contributed by atoms with Gasteiger partial charge in [0.25, 0.3) is 0 Å². The van der Waals surface area contributed by atoms with Gasteiger partial charge in [-0.2, -0.15) is 0 Å². The highest BCUT2D eigenvalue weighted by Gasteiger charge is 2.19. The van der Waals surface area contributed by atoms with Crippen LogP contribution in [0.5, 0.6) is 17.2 Å². The lowest BCUT2D eigenvalue weighted by Gasteiger charge is -2.13. The fourth-order valence-electron chi connectivity index (χ4n) is 1.88. The number of unbranched alkanes of at least 4 members (excludes halogenated alkanes) is 1. The average Bonchev–Trinajstić information content (AvgIpc) is 2.69. The molecule has 0 aliphatic heterocycles. The molecule has 10 heteroatoms. The van der Waals surface area contributed by atoms with Gasteiger partial charge >= 0.3 is 12.1 Å². The first-order valence-corrected chi connectivity index (χ1v) is 8.17. The van der Waals surface area contributed by atoms with Gasteiger partial charge in [-0.05, 0) is 18.6 Å². The predicted molar refractivity (Wildman–Crippen MR) is 90.8 cm³/mol. The van der Waals surface area contributed by atoms with Gasteiger partial charge < -0.3 is 23.7 Å². The zero-order valence-corrected chi connectivity index (χ0v) is 15.8. The second kappa shape index (κ2) is 12.6. The van der Waals surface area contributed by atoms with Crippen LogP contribution in [0.1, 0.15) is 30.1 Å². The van der Waals surface area contributed by atoms with Gasteiger partial charge in [-0.1, -0.05) is 13.3 Å². The van der Waals surface area contributed by atoms with E-state index in [1.54, 1.807) is 0 Å². The quantitative estimate of drug-likeness (QED) is 0.229. The number of hydrogen-bond acceptors (Lipinski definition) is 10. The van der Waals surface area contributed by atoms with Crippen LogP contribution < -0.4 is 14.2 Å². The lowest BCUT2D eigenvalue weighted by Crippen LogP contribution is -2.15. The van der Waals surface area contributed by atoms with E-state index in [1.165, 1.54) is 33.5 Å². The Morgan fingerprint density at radius 2 is 1.56 bits per heavy atom. The third kappa shape index (κ3) is 7.59. The molecule has 0 unspecified atom stereocenters. The van der Waals surface area contributed by atoms with E-state index in [-0.39, 0.29) is 30.3 Å². The van der Waals surface area contributed by atoms with Crippen LogP contribution in [0.25, 0.3) is 0 Å². The topological polar surface area (TPSA) is 108 Å². The zero-order chi connectivity index (χ0) is 20.1. The highest BCUT2D eigenvalue weighted by Crippen LogP contribution is 2.38. The number of methoxy groups -OCH3 is 3. The summed E-state index contributed by atoms with van der Waals surface area (Å²) in [6, 6.07) is 2.69. The van der Waals surface area contributed by atoms with Crippen molar-refractivity contribution in [3.8, 4) is 17.2 Å². The molecule has 27 heavy (non-hydrogen) atoms. The van der Waals surface area contributed by atoms with Crippen LogP contribution in [0.4, 0.5) is 4.79 Å². The third-order valence-electron chi connectivity index (χ3n) is 3.20. The Bertz CT molecular complexity index is 576. The Kier molecular flexibility index (Phi) is 10.4. The first-order chi connectivity index (χ1) is 13.1. The smallest absolute Gasteiger partial charge is 0.493 e. The molecule has 0 saturated heterocycles. The van der Waals surface area contributed by atoms with Gasteiger partial charge in [0, 0.05) is 6.61 Å². The molecular formula is C17H24O10. The van der Waals surface area contributed by atoms with E-state index in [0.717, 1.165) is 12.8 Å². The molecule has 0 saturated carbocycles. The van der Waals surface area contributed by atoms with Gasteiger partial charge in [0.15, 0.2) is 11.5 Å². The highest BCUT2D eigenvalue weighted by molar-refractivity contribution is 5.90. The Morgan fingerprint density at radius 1 is 0.889 bits per heavy atom. The lowest BCUT2D eigenvalue weighted by molar-refractivity contribution is -0.452. The van der Waals surface area contributed by atoms with Crippen molar-refractivity contribution in [2.45, 2.75) is 19.8 Å². The molecule has 0 heterocycles. The third-order valence-corrected chi connectivity index (χ3v) is 3.20. The Labute approximate surface area is 157 Å². The molecule has 0 aliphatic rings.